The van der Waals surface area contributed by atoms with E-state index in [2.05, 4.69) is 63.0 Å². The third-order valence-corrected chi connectivity index (χ3v) is 7.71. The van der Waals surface area contributed by atoms with Crippen LogP contribution >= 0.6 is 11.3 Å². The lowest BCUT2D eigenvalue weighted by molar-refractivity contribution is -0.159. The second-order valence-corrected chi connectivity index (χ2v) is 10.4. The van der Waals surface area contributed by atoms with E-state index in [1.807, 2.05) is 23.5 Å². The van der Waals surface area contributed by atoms with Crippen molar-refractivity contribution in [3.63, 3.8) is 0 Å². The summed E-state index contributed by atoms with van der Waals surface area (Å²) in [6, 6.07) is 14.9. The van der Waals surface area contributed by atoms with Crippen molar-refractivity contribution in [2.75, 3.05) is 56.7 Å². The Bertz CT molecular complexity index is 1300. The number of carbonyl (C=O) groups excluding carboxylic acids is 1. The molecule has 1 saturated heterocycles. The molecule has 10 nitrogen and oxygen atoms in total. The highest BCUT2D eigenvalue weighted by atomic mass is 32.1. The number of unbranched alkanes of at least 4 members (excludes halogenated alkanes) is 1. The number of fused-ring (bicyclic) bond motifs is 2. The molecule has 11 heteroatoms. The predicted octanol–water partition coefficient (Wildman–Crippen LogP) is 3.77. The topological polar surface area (TPSA) is 123 Å². The molecule has 0 aliphatic carbocycles. The van der Waals surface area contributed by atoms with Crippen molar-refractivity contribution in [3.8, 4) is 5.75 Å². The van der Waals surface area contributed by atoms with Crippen LogP contribution in [0.15, 0.2) is 47.8 Å². The fraction of sp³-hybridized carbons (Fsp3) is 0.393. The molecular weight excluding hydrogens is 520 g/mol. The number of hydrogen-bond donors (Lipinski definition) is 3. The van der Waals surface area contributed by atoms with E-state index >= 15 is 0 Å². The number of ether oxygens (including phenoxy) is 1. The maximum atomic E-state index is 11.6. The van der Waals surface area contributed by atoms with Crippen LogP contribution in [0.4, 0.5) is 11.4 Å². The average molecular weight is 555 g/mol. The van der Waals surface area contributed by atoms with Crippen LogP contribution in [-0.2, 0) is 20.8 Å². The highest BCUT2D eigenvalue weighted by molar-refractivity contribution is 7.17. The fourth-order valence-corrected chi connectivity index (χ4v) is 5.53. The van der Waals surface area contributed by atoms with Crippen LogP contribution in [0, 0.1) is 0 Å². The smallest absolute Gasteiger partial charge is 0.414 e. The van der Waals surface area contributed by atoms with Crippen LogP contribution in [0.1, 0.15) is 24.8 Å². The largest absolute Gasteiger partial charge is 0.494 e. The molecule has 0 unspecified atom stereocenters. The highest BCUT2D eigenvalue weighted by Gasteiger charge is 2.21. The molecule has 2 aliphatic heterocycles. The molecule has 0 saturated carbocycles. The van der Waals surface area contributed by atoms with Gasteiger partial charge in [-0.2, -0.15) is 0 Å². The number of carboxylic acids is 2. The van der Waals surface area contributed by atoms with Crippen molar-refractivity contribution in [3.05, 3.63) is 53.4 Å². The lowest BCUT2D eigenvalue weighted by Gasteiger charge is -2.32. The summed E-state index contributed by atoms with van der Waals surface area (Å²) in [7, 11) is 2.20. The number of hydrogen-bond acceptors (Lipinski definition) is 8. The Morgan fingerprint density at radius 1 is 1.00 bits per heavy atom. The maximum Gasteiger partial charge on any atom is 0.414 e. The Hall–Kier alpha value is -3.67. The van der Waals surface area contributed by atoms with Crippen molar-refractivity contribution in [2.24, 2.45) is 0 Å². The molecule has 2 aliphatic rings. The quantitative estimate of drug-likeness (QED) is 0.296. The minimum atomic E-state index is -1.82. The summed E-state index contributed by atoms with van der Waals surface area (Å²) in [5.41, 5.74) is 3.41. The number of aliphatic carboxylic acids is 2. The molecule has 1 aromatic heterocycles. The number of nitrogens with zero attached hydrogens (tertiary/aromatic N) is 3. The van der Waals surface area contributed by atoms with Gasteiger partial charge in [0.05, 0.1) is 12.3 Å². The van der Waals surface area contributed by atoms with E-state index in [9.17, 15) is 4.79 Å². The van der Waals surface area contributed by atoms with Gasteiger partial charge in [0.25, 0.3) is 0 Å². The molecule has 208 valence electrons. The Balaban J connectivity index is 0.000000531. The third-order valence-electron chi connectivity index (χ3n) is 6.83. The summed E-state index contributed by atoms with van der Waals surface area (Å²) in [5, 5.41) is 26.1. The van der Waals surface area contributed by atoms with Crippen LogP contribution in [-0.4, -0.2) is 84.3 Å². The normalized spacial score (nSPS) is 16.0. The zero-order valence-corrected chi connectivity index (χ0v) is 22.8. The summed E-state index contributed by atoms with van der Waals surface area (Å²) in [6.07, 6.45) is 3.52. The number of anilines is 2. The molecule has 5 rings (SSSR count). The maximum absolute atomic E-state index is 11.6. The van der Waals surface area contributed by atoms with Crippen molar-refractivity contribution in [2.45, 2.75) is 25.7 Å². The number of carboxylic acid groups (broad SMARTS) is 2. The van der Waals surface area contributed by atoms with Gasteiger partial charge in [0, 0.05) is 61.5 Å². The van der Waals surface area contributed by atoms with E-state index in [1.54, 1.807) is 0 Å². The zero-order chi connectivity index (χ0) is 27.8. The molecule has 0 bridgehead atoms. The number of thiophene rings is 1. The number of carbonyl (C=O) groups is 3. The first-order valence-corrected chi connectivity index (χ1v) is 13.9. The first-order valence-electron chi connectivity index (χ1n) is 13.0. The van der Waals surface area contributed by atoms with E-state index < -0.39 is 11.9 Å². The Labute approximate surface area is 231 Å². The number of benzene rings is 2. The van der Waals surface area contributed by atoms with Gasteiger partial charge in [0.1, 0.15) is 5.75 Å². The van der Waals surface area contributed by atoms with Crippen LogP contribution < -0.4 is 15.1 Å². The van der Waals surface area contributed by atoms with Gasteiger partial charge in [-0.1, -0.05) is 12.1 Å². The van der Waals surface area contributed by atoms with Gasteiger partial charge in [-0.3, -0.25) is 4.79 Å². The van der Waals surface area contributed by atoms with Gasteiger partial charge in [0.15, 0.2) is 0 Å². The predicted molar refractivity (Wildman–Crippen MR) is 152 cm³/mol. The Kier molecular flexibility index (Phi) is 9.74. The number of amides is 1. The average Bonchev–Trinajstić information content (AvgIpc) is 3.33. The van der Waals surface area contributed by atoms with Gasteiger partial charge in [-0.15, -0.1) is 11.3 Å². The van der Waals surface area contributed by atoms with E-state index in [1.165, 1.54) is 21.3 Å². The van der Waals surface area contributed by atoms with E-state index in [0.29, 0.717) is 13.0 Å². The van der Waals surface area contributed by atoms with Gasteiger partial charge in [-0.25, -0.2) is 14.6 Å². The lowest BCUT2D eigenvalue weighted by atomic mass is 10.0. The van der Waals surface area contributed by atoms with Crippen molar-refractivity contribution < 1.29 is 29.3 Å². The summed E-state index contributed by atoms with van der Waals surface area (Å²) in [4.78, 5) is 32.4. The third kappa shape index (κ3) is 7.69. The van der Waals surface area contributed by atoms with Crippen molar-refractivity contribution in [1.29, 1.82) is 0 Å². The SMILES string of the molecule is CN1CCN(CCCCOc2ccc3c(c2)NC(=O)CC3)CCN1c1cccc2sccc12.O=C(O)C(=O)O. The molecule has 0 radical (unpaired) electrons. The van der Waals surface area contributed by atoms with E-state index in [4.69, 9.17) is 24.5 Å². The lowest BCUT2D eigenvalue weighted by Crippen LogP contribution is -2.40. The summed E-state index contributed by atoms with van der Waals surface area (Å²) >= 11 is 1.81. The van der Waals surface area contributed by atoms with Gasteiger partial charge in [-0.05, 0) is 61.0 Å². The molecule has 3 aromatic rings. The summed E-state index contributed by atoms with van der Waals surface area (Å²) < 4.78 is 7.31. The molecule has 3 heterocycles. The van der Waals surface area contributed by atoms with Crippen molar-refractivity contribution >= 4 is 50.6 Å². The van der Waals surface area contributed by atoms with Crippen LogP contribution in [0.2, 0.25) is 0 Å². The van der Waals surface area contributed by atoms with E-state index in [-0.39, 0.29) is 5.91 Å². The first-order chi connectivity index (χ1) is 18.8. The molecular formula is C28H34N4O6S. The molecule has 0 atom stereocenters. The summed E-state index contributed by atoms with van der Waals surface area (Å²) in [5.74, 6) is -2.72. The van der Waals surface area contributed by atoms with Crippen LogP contribution in [0.25, 0.3) is 10.1 Å². The second kappa shape index (κ2) is 13.4. The number of likely N-dealkylation sites (N-methyl/N-ethyl adjacent to an activating group) is 1. The molecule has 2 aromatic carbocycles. The monoisotopic (exact) mass is 554 g/mol. The number of aryl methyl sites for hydroxylation is 1. The minimum absolute atomic E-state index is 0.0910. The highest BCUT2D eigenvalue weighted by Crippen LogP contribution is 2.31. The molecule has 0 spiro atoms. The van der Waals surface area contributed by atoms with E-state index in [0.717, 1.165) is 63.4 Å². The molecule has 39 heavy (non-hydrogen) atoms. The Morgan fingerprint density at radius 3 is 2.59 bits per heavy atom. The number of hydrazine groups is 1. The fourth-order valence-electron chi connectivity index (χ4n) is 4.72. The van der Waals surface area contributed by atoms with Gasteiger partial charge in [0.2, 0.25) is 5.91 Å². The standard InChI is InChI=1S/C26H32N4O2S.C2H2O4/c1-28-13-14-29(15-16-30(28)24-5-4-6-25-22(24)11-18-33-25)12-2-3-17-32-21-9-7-20-8-10-26(31)27-23(20)19-21;3-1(4)2(5)6/h4-7,9,11,18-19H,2-3,8,10,12-17H2,1H3,(H,27,31);(H,3,4)(H,5,6). The summed E-state index contributed by atoms with van der Waals surface area (Å²) in [6.45, 7) is 5.97. The first kappa shape index (κ1) is 28.3. The number of rotatable bonds is 7. The second-order valence-electron chi connectivity index (χ2n) is 9.49. The zero-order valence-electron chi connectivity index (χ0n) is 22.0. The van der Waals surface area contributed by atoms with Gasteiger partial charge < -0.3 is 30.2 Å². The van der Waals surface area contributed by atoms with Gasteiger partial charge >= 0.3 is 11.9 Å². The van der Waals surface area contributed by atoms with Crippen LogP contribution in [0.3, 0.4) is 0 Å². The molecule has 1 fully saturated rings. The number of nitrogens with one attached hydrogen (secondary N) is 1. The minimum Gasteiger partial charge on any atom is -0.494 e. The Morgan fingerprint density at radius 2 is 1.79 bits per heavy atom. The molecule has 1 amide bonds. The van der Waals surface area contributed by atoms with Crippen LogP contribution in [0.5, 0.6) is 5.75 Å². The molecule has 3 N–H and O–H groups in total. The van der Waals surface area contributed by atoms with Crippen molar-refractivity contribution in [1.82, 2.24) is 9.91 Å².